The highest BCUT2D eigenvalue weighted by molar-refractivity contribution is 5.71. The molecule has 0 N–H and O–H groups in total. The Morgan fingerprint density at radius 2 is 1.96 bits per heavy atom. The van der Waals surface area contributed by atoms with Crippen LogP contribution in [0.15, 0.2) is 18.3 Å². The summed E-state index contributed by atoms with van der Waals surface area (Å²) >= 11 is 0. The molecule has 5 heteroatoms. The van der Waals surface area contributed by atoms with Crippen LogP contribution in [0.3, 0.4) is 0 Å². The number of likely N-dealkylation sites (N-methyl/N-ethyl adjacent to an activating group) is 1. The van der Waals surface area contributed by atoms with Gasteiger partial charge in [0.05, 0.1) is 0 Å². The van der Waals surface area contributed by atoms with Crippen molar-refractivity contribution in [2.75, 3.05) is 33.7 Å². The number of hydrogen-bond donors (Lipinski definition) is 0. The smallest absolute Gasteiger partial charge is 0.160 e. The fourth-order valence-corrected chi connectivity index (χ4v) is 4.16. The lowest BCUT2D eigenvalue weighted by Crippen LogP contribution is -2.33. The molecule has 0 amide bonds. The monoisotopic (exact) mass is 313 g/mol. The zero-order valence-corrected chi connectivity index (χ0v) is 14.3. The predicted octanol–water partition coefficient (Wildman–Crippen LogP) is 2.33. The Morgan fingerprint density at radius 1 is 1.13 bits per heavy atom. The first kappa shape index (κ1) is 15.1. The molecule has 2 aromatic heterocycles. The fourth-order valence-electron chi connectivity index (χ4n) is 4.16. The summed E-state index contributed by atoms with van der Waals surface area (Å²) in [6.45, 7) is 4.59. The molecule has 0 bridgehead atoms. The summed E-state index contributed by atoms with van der Waals surface area (Å²) in [5, 5.41) is 0. The van der Waals surface area contributed by atoms with Gasteiger partial charge in [-0.15, -0.1) is 0 Å². The van der Waals surface area contributed by atoms with Gasteiger partial charge in [0.25, 0.3) is 0 Å². The number of nitrogens with zero attached hydrogens (tertiary/aromatic N) is 5. The van der Waals surface area contributed by atoms with Gasteiger partial charge in [-0.2, -0.15) is 0 Å². The number of piperidine rings is 1. The van der Waals surface area contributed by atoms with Crippen LogP contribution in [0.1, 0.15) is 37.4 Å². The van der Waals surface area contributed by atoms with E-state index in [-0.39, 0.29) is 0 Å². The van der Waals surface area contributed by atoms with Gasteiger partial charge in [0.1, 0.15) is 11.3 Å². The lowest BCUT2D eigenvalue weighted by atomic mass is 9.96. The number of fused-ring (bicyclic) bond motifs is 1. The molecule has 4 rings (SSSR count). The first-order chi connectivity index (χ1) is 11.2. The molecular weight excluding hydrogens is 286 g/mol. The van der Waals surface area contributed by atoms with E-state index in [4.69, 9.17) is 4.98 Å². The van der Waals surface area contributed by atoms with Crippen molar-refractivity contribution in [1.29, 1.82) is 0 Å². The molecule has 1 atom stereocenters. The summed E-state index contributed by atoms with van der Waals surface area (Å²) in [5.74, 6) is 1.85. The van der Waals surface area contributed by atoms with E-state index in [1.54, 1.807) is 0 Å². The number of pyridine rings is 1. The molecule has 23 heavy (non-hydrogen) atoms. The van der Waals surface area contributed by atoms with Crippen molar-refractivity contribution < 1.29 is 0 Å². The number of rotatable bonds is 3. The highest BCUT2D eigenvalue weighted by Crippen LogP contribution is 2.30. The summed E-state index contributed by atoms with van der Waals surface area (Å²) in [5.41, 5.74) is 2.13. The number of likely N-dealkylation sites (tertiary alicyclic amines) is 2. The SMILES string of the molecule is CN1CCC(c2nc3cccnc3n2CC2CCCN2C)CC1. The second kappa shape index (κ2) is 6.21. The van der Waals surface area contributed by atoms with E-state index in [0.29, 0.717) is 12.0 Å². The molecule has 4 heterocycles. The van der Waals surface area contributed by atoms with Crippen LogP contribution in [0.5, 0.6) is 0 Å². The highest BCUT2D eigenvalue weighted by Gasteiger charge is 2.28. The van der Waals surface area contributed by atoms with Crippen molar-refractivity contribution in [3.8, 4) is 0 Å². The molecule has 2 aromatic rings. The molecule has 5 nitrogen and oxygen atoms in total. The average Bonchev–Trinajstić information content (AvgIpc) is 3.13. The Balaban J connectivity index is 1.69. The van der Waals surface area contributed by atoms with Crippen molar-refractivity contribution >= 4 is 11.2 Å². The van der Waals surface area contributed by atoms with Gasteiger partial charge in [0, 0.05) is 24.7 Å². The molecule has 2 aliphatic rings. The zero-order chi connectivity index (χ0) is 15.8. The van der Waals surface area contributed by atoms with Crippen LogP contribution < -0.4 is 0 Å². The maximum atomic E-state index is 4.99. The molecule has 0 radical (unpaired) electrons. The van der Waals surface area contributed by atoms with Gasteiger partial charge in [-0.1, -0.05) is 0 Å². The van der Waals surface area contributed by atoms with E-state index in [1.165, 1.54) is 51.1 Å². The molecule has 124 valence electrons. The Bertz CT molecular complexity index is 671. The molecule has 2 saturated heterocycles. The summed E-state index contributed by atoms with van der Waals surface area (Å²) in [4.78, 5) is 14.6. The second-order valence-electron chi connectivity index (χ2n) is 7.28. The van der Waals surface area contributed by atoms with E-state index in [9.17, 15) is 0 Å². The van der Waals surface area contributed by atoms with Gasteiger partial charge < -0.3 is 14.4 Å². The number of imidazole rings is 1. The topological polar surface area (TPSA) is 37.2 Å². The minimum atomic E-state index is 0.576. The lowest BCUT2D eigenvalue weighted by molar-refractivity contribution is 0.242. The zero-order valence-electron chi connectivity index (χ0n) is 14.3. The van der Waals surface area contributed by atoms with Gasteiger partial charge in [-0.05, 0) is 71.5 Å². The van der Waals surface area contributed by atoms with Crippen molar-refractivity contribution in [3.05, 3.63) is 24.2 Å². The molecule has 0 aromatic carbocycles. The maximum Gasteiger partial charge on any atom is 0.160 e. The van der Waals surface area contributed by atoms with Crippen LogP contribution >= 0.6 is 0 Å². The summed E-state index contributed by atoms with van der Waals surface area (Å²) in [6.07, 6.45) is 6.92. The van der Waals surface area contributed by atoms with Crippen molar-refractivity contribution in [3.63, 3.8) is 0 Å². The van der Waals surface area contributed by atoms with Gasteiger partial charge in [0.15, 0.2) is 5.65 Å². The second-order valence-corrected chi connectivity index (χ2v) is 7.28. The first-order valence-corrected chi connectivity index (χ1v) is 8.92. The van der Waals surface area contributed by atoms with Crippen molar-refractivity contribution in [1.82, 2.24) is 24.3 Å². The standard InChI is InChI=1S/C18H27N5/c1-21-11-7-14(8-12-21)17-20-16-6-3-9-19-18(16)23(17)13-15-5-4-10-22(15)2/h3,6,9,14-15H,4-5,7-8,10-13H2,1-2H3. The Labute approximate surface area is 138 Å². The van der Waals surface area contributed by atoms with E-state index < -0.39 is 0 Å². The predicted molar refractivity (Wildman–Crippen MR) is 92.7 cm³/mol. The Kier molecular flexibility index (Phi) is 4.07. The van der Waals surface area contributed by atoms with Crippen molar-refractivity contribution in [2.24, 2.45) is 0 Å². The summed E-state index contributed by atoms with van der Waals surface area (Å²) in [7, 11) is 4.47. The van der Waals surface area contributed by atoms with E-state index in [2.05, 4.69) is 39.5 Å². The van der Waals surface area contributed by atoms with Crippen LogP contribution in [0, 0.1) is 0 Å². The normalized spacial score (nSPS) is 24.7. The first-order valence-electron chi connectivity index (χ1n) is 8.92. The van der Waals surface area contributed by atoms with Gasteiger partial charge in [-0.25, -0.2) is 9.97 Å². The highest BCUT2D eigenvalue weighted by atomic mass is 15.2. The van der Waals surface area contributed by atoms with Crippen molar-refractivity contribution in [2.45, 2.75) is 44.2 Å². The number of aromatic nitrogens is 3. The minimum absolute atomic E-state index is 0.576. The molecule has 2 fully saturated rings. The average molecular weight is 313 g/mol. The molecular formula is C18H27N5. The maximum absolute atomic E-state index is 4.99. The van der Waals surface area contributed by atoms with Crippen LogP contribution in [-0.2, 0) is 6.54 Å². The van der Waals surface area contributed by atoms with Gasteiger partial charge >= 0.3 is 0 Å². The van der Waals surface area contributed by atoms with E-state index in [0.717, 1.165) is 17.7 Å². The van der Waals surface area contributed by atoms with E-state index in [1.807, 2.05) is 12.3 Å². The third-order valence-electron chi connectivity index (χ3n) is 5.68. The van der Waals surface area contributed by atoms with Crippen LogP contribution in [-0.4, -0.2) is 64.1 Å². The lowest BCUT2D eigenvalue weighted by Gasteiger charge is -2.29. The molecule has 0 spiro atoms. The fraction of sp³-hybridized carbons (Fsp3) is 0.667. The Hall–Kier alpha value is -1.46. The third kappa shape index (κ3) is 2.88. The van der Waals surface area contributed by atoms with Gasteiger partial charge in [-0.3, -0.25) is 0 Å². The third-order valence-corrected chi connectivity index (χ3v) is 5.68. The van der Waals surface area contributed by atoms with E-state index >= 15 is 0 Å². The largest absolute Gasteiger partial charge is 0.311 e. The summed E-state index contributed by atoms with van der Waals surface area (Å²) < 4.78 is 2.43. The minimum Gasteiger partial charge on any atom is -0.311 e. The van der Waals surface area contributed by atoms with Gasteiger partial charge in [0.2, 0.25) is 0 Å². The molecule has 2 aliphatic heterocycles. The van der Waals surface area contributed by atoms with Crippen LogP contribution in [0.25, 0.3) is 11.2 Å². The van der Waals surface area contributed by atoms with Crippen LogP contribution in [0.2, 0.25) is 0 Å². The molecule has 0 aliphatic carbocycles. The summed E-state index contributed by atoms with van der Waals surface area (Å²) in [6, 6.07) is 4.73. The Morgan fingerprint density at radius 3 is 2.70 bits per heavy atom. The quantitative estimate of drug-likeness (QED) is 0.871. The molecule has 1 unspecified atom stereocenters. The number of hydrogen-bond acceptors (Lipinski definition) is 4. The molecule has 0 saturated carbocycles. The van der Waals surface area contributed by atoms with Crippen LogP contribution in [0.4, 0.5) is 0 Å².